The molecule has 0 spiro atoms. The van der Waals surface area contributed by atoms with E-state index in [1.54, 1.807) is 30.5 Å². The number of hydrogen-bond acceptors (Lipinski definition) is 9. The molecule has 0 saturated carbocycles. The lowest BCUT2D eigenvalue weighted by Crippen LogP contribution is -2.33. The number of nitrogens with zero attached hydrogens (tertiary/aromatic N) is 3. The van der Waals surface area contributed by atoms with E-state index < -0.39 is 41.9 Å². The van der Waals surface area contributed by atoms with Gasteiger partial charge in [-0.25, -0.2) is 9.78 Å². The average molecular weight is 477 g/mol. The lowest BCUT2D eigenvalue weighted by Gasteiger charge is -2.24. The van der Waals surface area contributed by atoms with Gasteiger partial charge in [0.25, 0.3) is 5.56 Å². The van der Waals surface area contributed by atoms with E-state index in [2.05, 4.69) is 15.0 Å². The minimum absolute atomic E-state index is 0.0383. The predicted molar refractivity (Wildman–Crippen MR) is 125 cm³/mol. The fourth-order valence-corrected chi connectivity index (χ4v) is 4.70. The average Bonchev–Trinajstić information content (AvgIpc) is 3.48. The van der Waals surface area contributed by atoms with Crippen LogP contribution in [-0.2, 0) is 18.9 Å². The zero-order valence-electron chi connectivity index (χ0n) is 19.0. The van der Waals surface area contributed by atoms with Crippen molar-refractivity contribution in [1.82, 2.24) is 19.5 Å². The van der Waals surface area contributed by atoms with Crippen LogP contribution in [0.3, 0.4) is 0 Å². The number of benzene rings is 2. The Hall–Kier alpha value is -3.80. The number of carbonyl (C=O) groups excluding carboxylic acids is 1. The van der Waals surface area contributed by atoms with Gasteiger partial charge >= 0.3 is 5.97 Å². The quantitative estimate of drug-likeness (QED) is 0.422. The number of fused-ring (bicyclic) bond motifs is 3. The SMILES string of the molecule is CC1(C)O[C@@H]2[C@H](O1)[C@@H](COC(=O)c1ccc3ccccc3c1)O[C@H]2n1cnc2c(=O)[nH]c(N)nc21. The van der Waals surface area contributed by atoms with Crippen LogP contribution in [0.15, 0.2) is 53.6 Å². The van der Waals surface area contributed by atoms with Gasteiger partial charge in [0, 0.05) is 0 Å². The highest BCUT2D eigenvalue weighted by Crippen LogP contribution is 2.43. The molecular formula is C24H23N5O6. The summed E-state index contributed by atoms with van der Waals surface area (Å²) in [6.07, 6.45) is -0.949. The summed E-state index contributed by atoms with van der Waals surface area (Å²) in [5, 5.41) is 1.98. The number of anilines is 1. The van der Waals surface area contributed by atoms with E-state index in [0.29, 0.717) is 5.56 Å². The molecule has 180 valence electrons. The van der Waals surface area contributed by atoms with E-state index >= 15 is 0 Å². The van der Waals surface area contributed by atoms with Gasteiger partial charge in [-0.2, -0.15) is 4.98 Å². The van der Waals surface area contributed by atoms with Crippen molar-refractivity contribution in [2.24, 2.45) is 0 Å². The monoisotopic (exact) mass is 477 g/mol. The van der Waals surface area contributed by atoms with Gasteiger partial charge in [0.15, 0.2) is 23.2 Å². The maximum Gasteiger partial charge on any atom is 0.338 e. The first-order valence-corrected chi connectivity index (χ1v) is 11.2. The molecule has 0 amide bonds. The molecule has 3 N–H and O–H groups in total. The molecule has 4 heterocycles. The number of H-pyrrole nitrogens is 1. The van der Waals surface area contributed by atoms with Crippen molar-refractivity contribution in [3.63, 3.8) is 0 Å². The van der Waals surface area contributed by atoms with Crippen LogP contribution in [0.5, 0.6) is 0 Å². The Bertz CT molecular complexity index is 1510. The molecule has 0 unspecified atom stereocenters. The number of nitrogen functional groups attached to an aromatic ring is 1. The van der Waals surface area contributed by atoms with Crippen LogP contribution in [0.25, 0.3) is 21.9 Å². The zero-order valence-corrected chi connectivity index (χ0v) is 19.0. The lowest BCUT2D eigenvalue weighted by atomic mass is 10.1. The van der Waals surface area contributed by atoms with E-state index in [-0.39, 0.29) is 23.7 Å². The molecule has 2 aliphatic rings. The number of hydrogen-bond donors (Lipinski definition) is 2. The summed E-state index contributed by atoms with van der Waals surface area (Å²) in [6, 6.07) is 13.2. The molecule has 11 heteroatoms. The minimum atomic E-state index is -0.877. The van der Waals surface area contributed by atoms with E-state index in [1.807, 2.05) is 30.3 Å². The lowest BCUT2D eigenvalue weighted by molar-refractivity contribution is -0.199. The van der Waals surface area contributed by atoms with E-state index in [4.69, 9.17) is 24.7 Å². The fraction of sp³-hybridized carbons (Fsp3) is 0.333. The number of carbonyl (C=O) groups is 1. The van der Waals surface area contributed by atoms with E-state index in [1.165, 1.54) is 6.33 Å². The highest BCUT2D eigenvalue weighted by Gasteiger charge is 2.56. The summed E-state index contributed by atoms with van der Waals surface area (Å²) < 4.78 is 25.6. The third-order valence-corrected chi connectivity index (χ3v) is 6.21. The van der Waals surface area contributed by atoms with Crippen LogP contribution in [0.4, 0.5) is 5.95 Å². The molecule has 2 aliphatic heterocycles. The van der Waals surface area contributed by atoms with E-state index in [0.717, 1.165) is 10.8 Å². The molecule has 4 aromatic rings. The summed E-state index contributed by atoms with van der Waals surface area (Å²) in [7, 11) is 0. The number of imidazole rings is 1. The van der Waals surface area contributed by atoms with Crippen molar-refractivity contribution in [3.05, 3.63) is 64.7 Å². The maximum atomic E-state index is 12.8. The van der Waals surface area contributed by atoms with Gasteiger partial charge in [0.2, 0.25) is 5.95 Å². The Kier molecular flexibility index (Phi) is 4.88. The summed E-state index contributed by atoms with van der Waals surface area (Å²) in [6.45, 7) is 3.55. The minimum Gasteiger partial charge on any atom is -0.459 e. The highest BCUT2D eigenvalue weighted by atomic mass is 16.8. The van der Waals surface area contributed by atoms with Crippen LogP contribution >= 0.6 is 0 Å². The number of nitrogens with two attached hydrogens (primary N) is 1. The van der Waals surface area contributed by atoms with Crippen LogP contribution in [0.1, 0.15) is 30.4 Å². The fourth-order valence-electron chi connectivity index (χ4n) is 4.70. The number of ether oxygens (including phenoxy) is 4. The normalized spacial score (nSPS) is 25.2. The Morgan fingerprint density at radius 3 is 2.77 bits per heavy atom. The van der Waals surface area contributed by atoms with Crippen molar-refractivity contribution in [2.75, 3.05) is 12.3 Å². The number of rotatable bonds is 4. The third-order valence-electron chi connectivity index (χ3n) is 6.21. The Morgan fingerprint density at radius 1 is 1.17 bits per heavy atom. The Morgan fingerprint density at radius 2 is 1.94 bits per heavy atom. The standard InChI is InChI=1S/C24H23N5O6/c1-24(2)34-17-15(10-32-22(31)14-8-7-12-5-3-4-6-13(12)9-14)33-21(18(17)35-24)29-11-26-16-19(29)27-23(25)28-20(16)30/h3-9,11,15,17-18,21H,10H2,1-2H3,(H3,25,27,28,30)/t15-,17-,18-,21-/m1/s1. The van der Waals surface area contributed by atoms with Crippen molar-refractivity contribution in [3.8, 4) is 0 Å². The first-order chi connectivity index (χ1) is 16.8. The molecule has 0 bridgehead atoms. The van der Waals surface area contributed by atoms with Crippen LogP contribution in [0, 0.1) is 0 Å². The predicted octanol–water partition coefficient (Wildman–Crippen LogP) is 2.13. The molecule has 0 aliphatic carbocycles. The Balaban J connectivity index is 1.25. The summed E-state index contributed by atoms with van der Waals surface area (Å²) in [5.74, 6) is -1.38. The molecule has 35 heavy (non-hydrogen) atoms. The smallest absolute Gasteiger partial charge is 0.338 e. The molecule has 11 nitrogen and oxygen atoms in total. The van der Waals surface area contributed by atoms with Gasteiger partial charge in [0.1, 0.15) is 24.9 Å². The van der Waals surface area contributed by atoms with Crippen LogP contribution in [0.2, 0.25) is 0 Å². The number of esters is 1. The summed E-state index contributed by atoms with van der Waals surface area (Å²) in [5.41, 5.74) is 6.12. The number of aromatic nitrogens is 4. The van der Waals surface area contributed by atoms with Crippen LogP contribution < -0.4 is 11.3 Å². The van der Waals surface area contributed by atoms with Crippen molar-refractivity contribution < 1.29 is 23.7 Å². The first-order valence-electron chi connectivity index (χ1n) is 11.2. The van der Waals surface area contributed by atoms with Crippen molar-refractivity contribution >= 4 is 33.9 Å². The zero-order chi connectivity index (χ0) is 24.3. The second-order valence-electron chi connectivity index (χ2n) is 9.07. The van der Waals surface area contributed by atoms with Gasteiger partial charge in [-0.15, -0.1) is 0 Å². The number of nitrogens with one attached hydrogen (secondary N) is 1. The molecular weight excluding hydrogens is 454 g/mol. The second-order valence-corrected chi connectivity index (χ2v) is 9.07. The Labute approximate surface area is 198 Å². The molecule has 2 fully saturated rings. The summed E-state index contributed by atoms with van der Waals surface area (Å²) in [4.78, 5) is 35.8. The molecule has 2 aromatic carbocycles. The topological polar surface area (TPSA) is 144 Å². The summed E-state index contributed by atoms with van der Waals surface area (Å²) >= 11 is 0. The molecule has 4 atom stereocenters. The van der Waals surface area contributed by atoms with Crippen LogP contribution in [-0.4, -0.2) is 56.2 Å². The van der Waals surface area contributed by atoms with Gasteiger partial charge in [0.05, 0.1) is 11.9 Å². The molecule has 2 aromatic heterocycles. The first kappa shape index (κ1) is 21.7. The molecule has 6 rings (SSSR count). The maximum absolute atomic E-state index is 12.8. The van der Waals surface area contributed by atoms with Gasteiger partial charge in [-0.3, -0.25) is 14.3 Å². The van der Waals surface area contributed by atoms with Gasteiger partial charge < -0.3 is 24.7 Å². The van der Waals surface area contributed by atoms with Gasteiger partial charge in [-0.1, -0.05) is 30.3 Å². The van der Waals surface area contributed by atoms with E-state index in [9.17, 15) is 9.59 Å². The second kappa shape index (κ2) is 7.87. The molecule has 0 radical (unpaired) electrons. The number of aromatic amines is 1. The van der Waals surface area contributed by atoms with Crippen molar-refractivity contribution in [2.45, 2.75) is 44.2 Å². The molecule has 2 saturated heterocycles. The van der Waals surface area contributed by atoms with Crippen molar-refractivity contribution in [1.29, 1.82) is 0 Å². The largest absolute Gasteiger partial charge is 0.459 e. The third kappa shape index (κ3) is 3.73. The van der Waals surface area contributed by atoms with Gasteiger partial charge in [-0.05, 0) is 36.8 Å². The highest BCUT2D eigenvalue weighted by molar-refractivity contribution is 5.95.